The minimum atomic E-state index is -0.378. The SMILES string of the molecule is CC(=O)Nc1cccc(NC(=O)Nc2ccc(Cl)cc2)c1. The number of halogens is 1. The Kier molecular flexibility index (Phi) is 4.79. The highest BCUT2D eigenvalue weighted by atomic mass is 35.5. The van der Waals surface area contributed by atoms with Crippen LogP contribution >= 0.6 is 11.6 Å². The Bertz CT molecular complexity index is 656. The second-order valence-electron chi connectivity index (χ2n) is 4.35. The van der Waals surface area contributed by atoms with Gasteiger partial charge in [0.15, 0.2) is 0 Å². The smallest absolute Gasteiger partial charge is 0.323 e. The Balaban J connectivity index is 1.99. The molecule has 0 aliphatic heterocycles. The van der Waals surface area contributed by atoms with Crippen molar-refractivity contribution in [2.45, 2.75) is 6.92 Å². The number of anilines is 3. The van der Waals surface area contributed by atoms with E-state index in [2.05, 4.69) is 16.0 Å². The van der Waals surface area contributed by atoms with Gasteiger partial charge in [-0.3, -0.25) is 4.79 Å². The minimum Gasteiger partial charge on any atom is -0.326 e. The molecule has 0 radical (unpaired) electrons. The predicted octanol–water partition coefficient (Wildman–Crippen LogP) is 3.94. The number of urea groups is 1. The summed E-state index contributed by atoms with van der Waals surface area (Å²) in [5.74, 6) is -0.169. The molecule has 3 amide bonds. The summed E-state index contributed by atoms with van der Waals surface area (Å²) >= 11 is 5.77. The molecule has 2 aromatic rings. The van der Waals surface area contributed by atoms with Gasteiger partial charge in [0, 0.05) is 29.0 Å². The Labute approximate surface area is 127 Å². The zero-order valence-corrected chi connectivity index (χ0v) is 12.1. The molecule has 0 heterocycles. The monoisotopic (exact) mass is 303 g/mol. The van der Waals surface area contributed by atoms with E-state index >= 15 is 0 Å². The number of carbonyl (C=O) groups is 2. The number of hydrogen-bond acceptors (Lipinski definition) is 2. The van der Waals surface area contributed by atoms with Gasteiger partial charge >= 0.3 is 6.03 Å². The second-order valence-corrected chi connectivity index (χ2v) is 4.78. The predicted molar refractivity (Wildman–Crippen MR) is 84.8 cm³/mol. The second kappa shape index (κ2) is 6.76. The third-order valence-corrected chi connectivity index (χ3v) is 2.79. The summed E-state index contributed by atoms with van der Waals surface area (Å²) in [6, 6.07) is 13.3. The van der Waals surface area contributed by atoms with E-state index in [0.29, 0.717) is 22.1 Å². The van der Waals surface area contributed by atoms with Crippen LogP contribution in [0.15, 0.2) is 48.5 Å². The lowest BCUT2D eigenvalue weighted by atomic mass is 10.2. The normalized spacial score (nSPS) is 9.81. The molecule has 2 aromatic carbocycles. The highest BCUT2D eigenvalue weighted by molar-refractivity contribution is 6.30. The van der Waals surface area contributed by atoms with Crippen LogP contribution in [-0.2, 0) is 4.79 Å². The zero-order chi connectivity index (χ0) is 15.2. The van der Waals surface area contributed by atoms with Gasteiger partial charge in [0.2, 0.25) is 5.91 Å². The van der Waals surface area contributed by atoms with Gasteiger partial charge in [-0.05, 0) is 42.5 Å². The molecule has 0 saturated heterocycles. The van der Waals surface area contributed by atoms with Gasteiger partial charge in [-0.25, -0.2) is 4.79 Å². The molecule has 0 bridgehead atoms. The van der Waals surface area contributed by atoms with E-state index in [1.807, 2.05) is 0 Å². The van der Waals surface area contributed by atoms with E-state index < -0.39 is 0 Å². The van der Waals surface area contributed by atoms with E-state index in [1.54, 1.807) is 48.5 Å². The zero-order valence-electron chi connectivity index (χ0n) is 11.3. The minimum absolute atomic E-state index is 0.169. The van der Waals surface area contributed by atoms with E-state index in [0.717, 1.165) is 0 Å². The van der Waals surface area contributed by atoms with Crippen LogP contribution in [0.4, 0.5) is 21.9 Å². The third kappa shape index (κ3) is 4.81. The quantitative estimate of drug-likeness (QED) is 0.803. The van der Waals surface area contributed by atoms with Crippen molar-refractivity contribution in [3.63, 3.8) is 0 Å². The van der Waals surface area contributed by atoms with Gasteiger partial charge in [0.25, 0.3) is 0 Å². The van der Waals surface area contributed by atoms with Crippen molar-refractivity contribution >= 4 is 40.6 Å². The van der Waals surface area contributed by atoms with Crippen molar-refractivity contribution in [1.29, 1.82) is 0 Å². The summed E-state index contributed by atoms with van der Waals surface area (Å²) in [6.45, 7) is 1.42. The molecule has 0 fully saturated rings. The maximum atomic E-state index is 11.9. The van der Waals surface area contributed by atoms with Crippen LogP contribution in [-0.4, -0.2) is 11.9 Å². The van der Waals surface area contributed by atoms with E-state index in [-0.39, 0.29) is 11.9 Å². The van der Waals surface area contributed by atoms with Crippen LogP contribution in [0, 0.1) is 0 Å². The molecule has 0 aromatic heterocycles. The number of rotatable bonds is 3. The maximum Gasteiger partial charge on any atom is 0.323 e. The average Bonchev–Trinajstić information content (AvgIpc) is 2.41. The van der Waals surface area contributed by atoms with Crippen molar-refractivity contribution in [2.75, 3.05) is 16.0 Å². The standard InChI is InChI=1S/C15H14ClN3O2/c1-10(20)17-13-3-2-4-14(9-13)19-15(21)18-12-7-5-11(16)6-8-12/h2-9H,1H3,(H,17,20)(H2,18,19,21). The van der Waals surface area contributed by atoms with E-state index in [9.17, 15) is 9.59 Å². The van der Waals surface area contributed by atoms with Gasteiger partial charge in [-0.2, -0.15) is 0 Å². The van der Waals surface area contributed by atoms with Crippen LogP contribution in [0.3, 0.4) is 0 Å². The van der Waals surface area contributed by atoms with Crippen LogP contribution in [0.2, 0.25) is 5.02 Å². The lowest BCUT2D eigenvalue weighted by Gasteiger charge is -2.09. The fourth-order valence-corrected chi connectivity index (χ4v) is 1.83. The Morgan fingerprint density at radius 3 is 2.05 bits per heavy atom. The first-order chi connectivity index (χ1) is 10.0. The van der Waals surface area contributed by atoms with Crippen molar-refractivity contribution in [1.82, 2.24) is 0 Å². The van der Waals surface area contributed by atoms with Crippen LogP contribution in [0.25, 0.3) is 0 Å². The molecular weight excluding hydrogens is 290 g/mol. The molecule has 3 N–H and O–H groups in total. The molecule has 6 heteroatoms. The average molecular weight is 304 g/mol. The molecule has 2 rings (SSSR count). The van der Waals surface area contributed by atoms with Crippen molar-refractivity contribution in [2.24, 2.45) is 0 Å². The number of carbonyl (C=O) groups excluding carboxylic acids is 2. The molecular formula is C15H14ClN3O2. The molecule has 0 atom stereocenters. The van der Waals surface area contributed by atoms with Gasteiger partial charge in [0.05, 0.1) is 0 Å². The Morgan fingerprint density at radius 1 is 0.857 bits per heavy atom. The molecule has 0 aliphatic carbocycles. The summed E-state index contributed by atoms with van der Waals surface area (Å²) in [5, 5.41) is 8.62. The summed E-state index contributed by atoms with van der Waals surface area (Å²) in [5.41, 5.74) is 1.83. The lowest BCUT2D eigenvalue weighted by molar-refractivity contribution is -0.114. The van der Waals surface area contributed by atoms with Crippen molar-refractivity contribution in [3.8, 4) is 0 Å². The van der Waals surface area contributed by atoms with Crippen LogP contribution in [0.5, 0.6) is 0 Å². The maximum absolute atomic E-state index is 11.9. The van der Waals surface area contributed by atoms with Crippen molar-refractivity contribution < 1.29 is 9.59 Å². The Morgan fingerprint density at radius 2 is 1.43 bits per heavy atom. The van der Waals surface area contributed by atoms with Gasteiger partial charge in [0.1, 0.15) is 0 Å². The van der Waals surface area contributed by atoms with E-state index in [1.165, 1.54) is 6.92 Å². The summed E-state index contributed by atoms with van der Waals surface area (Å²) in [6.07, 6.45) is 0. The van der Waals surface area contributed by atoms with Gasteiger partial charge < -0.3 is 16.0 Å². The number of hydrogen-bond donors (Lipinski definition) is 3. The summed E-state index contributed by atoms with van der Waals surface area (Å²) < 4.78 is 0. The van der Waals surface area contributed by atoms with Gasteiger partial charge in [-0.1, -0.05) is 17.7 Å². The molecule has 108 valence electrons. The fourth-order valence-electron chi connectivity index (χ4n) is 1.70. The molecule has 5 nitrogen and oxygen atoms in total. The lowest BCUT2D eigenvalue weighted by Crippen LogP contribution is -2.19. The van der Waals surface area contributed by atoms with Crippen molar-refractivity contribution in [3.05, 3.63) is 53.6 Å². The summed E-state index contributed by atoms with van der Waals surface area (Å²) in [7, 11) is 0. The highest BCUT2D eigenvalue weighted by Gasteiger charge is 2.04. The largest absolute Gasteiger partial charge is 0.326 e. The first kappa shape index (κ1) is 14.9. The molecule has 0 saturated carbocycles. The first-order valence-corrected chi connectivity index (χ1v) is 6.62. The molecule has 0 aliphatic rings. The Hall–Kier alpha value is -2.53. The fraction of sp³-hybridized carbons (Fsp3) is 0.0667. The first-order valence-electron chi connectivity index (χ1n) is 6.24. The molecule has 21 heavy (non-hydrogen) atoms. The van der Waals surface area contributed by atoms with E-state index in [4.69, 9.17) is 11.6 Å². The summed E-state index contributed by atoms with van der Waals surface area (Å²) in [4.78, 5) is 22.9. The highest BCUT2D eigenvalue weighted by Crippen LogP contribution is 2.16. The number of amides is 3. The third-order valence-electron chi connectivity index (χ3n) is 2.54. The van der Waals surface area contributed by atoms with Crippen LogP contribution < -0.4 is 16.0 Å². The topological polar surface area (TPSA) is 70.2 Å². The number of nitrogens with one attached hydrogen (secondary N) is 3. The molecule has 0 spiro atoms. The molecule has 0 unspecified atom stereocenters. The van der Waals surface area contributed by atoms with Crippen LogP contribution in [0.1, 0.15) is 6.92 Å². The number of benzene rings is 2. The van der Waals surface area contributed by atoms with Gasteiger partial charge in [-0.15, -0.1) is 0 Å².